The molecule has 0 radical (unpaired) electrons. The van der Waals surface area contributed by atoms with Crippen molar-refractivity contribution >= 4 is 5.84 Å². The lowest BCUT2D eigenvalue weighted by Crippen LogP contribution is -2.19. The first-order valence-corrected chi connectivity index (χ1v) is 3.02. The zero-order chi connectivity index (χ0) is 7.98. The largest absolute Gasteiger partial charge is 0.388 e. The summed E-state index contributed by atoms with van der Waals surface area (Å²) in [5.74, 6) is 0.541. The summed E-state index contributed by atoms with van der Waals surface area (Å²) in [7, 11) is 3.13. The normalized spacial score (nSPS) is 12.6. The summed E-state index contributed by atoms with van der Waals surface area (Å²) in [4.78, 5) is 3.91. The van der Waals surface area contributed by atoms with E-state index >= 15 is 0 Å². The molecule has 0 aliphatic carbocycles. The van der Waals surface area contributed by atoms with Gasteiger partial charge in [0, 0.05) is 14.2 Å². The van der Waals surface area contributed by atoms with Crippen molar-refractivity contribution in [2.45, 2.75) is 13.2 Å². The summed E-state index contributed by atoms with van der Waals surface area (Å²) < 4.78 is 9.73. The fourth-order valence-corrected chi connectivity index (χ4v) is 0.464. The molecule has 0 rings (SSSR count). The summed E-state index contributed by atoms with van der Waals surface area (Å²) in [5.41, 5.74) is 5.29. The molecule has 0 spiro atoms. The van der Waals surface area contributed by atoms with Crippen LogP contribution in [0, 0.1) is 0 Å². The second-order valence-corrected chi connectivity index (χ2v) is 1.88. The van der Waals surface area contributed by atoms with Crippen LogP contribution in [0.3, 0.4) is 0 Å². The van der Waals surface area contributed by atoms with Gasteiger partial charge in [0.15, 0.2) is 6.29 Å². The van der Waals surface area contributed by atoms with E-state index in [9.17, 15) is 0 Å². The Morgan fingerprint density at radius 2 is 2.00 bits per heavy atom. The average Bonchev–Trinajstić information content (AvgIpc) is 1.90. The van der Waals surface area contributed by atoms with Crippen LogP contribution in [0.5, 0.6) is 0 Å². The number of hydrogen-bond acceptors (Lipinski definition) is 3. The van der Waals surface area contributed by atoms with Gasteiger partial charge >= 0.3 is 0 Å². The summed E-state index contributed by atoms with van der Waals surface area (Å²) in [6.45, 7) is 2.18. The van der Waals surface area contributed by atoms with Gasteiger partial charge in [-0.15, -0.1) is 0 Å². The molecule has 0 aliphatic rings. The molecule has 0 aromatic rings. The highest BCUT2D eigenvalue weighted by atomic mass is 16.7. The SMILES string of the molecule is COC(CN=C(C)N)OC. The maximum Gasteiger partial charge on any atom is 0.176 e. The van der Waals surface area contributed by atoms with Crippen LogP contribution in [0.4, 0.5) is 0 Å². The lowest BCUT2D eigenvalue weighted by atomic mass is 10.6. The van der Waals surface area contributed by atoms with E-state index in [1.165, 1.54) is 0 Å². The molecule has 0 atom stereocenters. The van der Waals surface area contributed by atoms with Gasteiger partial charge in [-0.2, -0.15) is 0 Å². The van der Waals surface area contributed by atoms with Crippen LogP contribution >= 0.6 is 0 Å². The Bertz CT molecular complexity index is 106. The standard InChI is InChI=1S/C6H14N2O2/c1-5(7)8-4-6(9-2)10-3/h6H,4H2,1-3H3,(H2,7,8). The molecule has 0 saturated heterocycles. The monoisotopic (exact) mass is 146 g/mol. The lowest BCUT2D eigenvalue weighted by molar-refractivity contribution is -0.0937. The molecule has 0 bridgehead atoms. The van der Waals surface area contributed by atoms with Crippen LogP contribution in [0.25, 0.3) is 0 Å². The van der Waals surface area contributed by atoms with Crippen molar-refractivity contribution in [1.82, 2.24) is 0 Å². The highest BCUT2D eigenvalue weighted by Gasteiger charge is 2.01. The van der Waals surface area contributed by atoms with E-state index in [4.69, 9.17) is 15.2 Å². The van der Waals surface area contributed by atoms with Gasteiger partial charge in [-0.3, -0.25) is 4.99 Å². The van der Waals surface area contributed by atoms with E-state index in [2.05, 4.69) is 4.99 Å². The first-order valence-electron chi connectivity index (χ1n) is 3.02. The Kier molecular flexibility index (Phi) is 4.88. The Balaban J connectivity index is 3.54. The molecular formula is C6H14N2O2. The smallest absolute Gasteiger partial charge is 0.176 e. The molecule has 4 heteroatoms. The first kappa shape index (κ1) is 9.39. The number of aliphatic imine (C=N–C) groups is 1. The summed E-state index contributed by atoms with van der Waals surface area (Å²) >= 11 is 0. The molecule has 10 heavy (non-hydrogen) atoms. The van der Waals surface area contributed by atoms with Crippen LogP contribution in [-0.4, -0.2) is 32.9 Å². The highest BCUT2D eigenvalue weighted by Crippen LogP contribution is 1.90. The number of ether oxygens (including phenoxy) is 2. The third kappa shape index (κ3) is 4.29. The minimum atomic E-state index is -0.279. The van der Waals surface area contributed by atoms with Crippen molar-refractivity contribution in [2.24, 2.45) is 10.7 Å². The molecule has 4 nitrogen and oxygen atoms in total. The summed E-state index contributed by atoms with van der Waals surface area (Å²) in [5, 5.41) is 0. The fourth-order valence-electron chi connectivity index (χ4n) is 0.464. The van der Waals surface area contributed by atoms with Crippen molar-refractivity contribution in [3.8, 4) is 0 Å². The molecule has 0 aromatic carbocycles. The van der Waals surface area contributed by atoms with Crippen molar-refractivity contribution in [3.63, 3.8) is 0 Å². The topological polar surface area (TPSA) is 56.8 Å². The third-order valence-corrected chi connectivity index (χ3v) is 1.02. The lowest BCUT2D eigenvalue weighted by Gasteiger charge is -2.09. The van der Waals surface area contributed by atoms with Crippen molar-refractivity contribution in [2.75, 3.05) is 20.8 Å². The van der Waals surface area contributed by atoms with Gasteiger partial charge in [-0.25, -0.2) is 0 Å². The van der Waals surface area contributed by atoms with Crippen molar-refractivity contribution in [1.29, 1.82) is 0 Å². The maximum absolute atomic E-state index is 5.29. The van der Waals surface area contributed by atoms with Crippen molar-refractivity contribution in [3.05, 3.63) is 0 Å². The predicted octanol–water partition coefficient (Wildman–Crippen LogP) is -0.0176. The van der Waals surface area contributed by atoms with Crippen LogP contribution < -0.4 is 5.73 Å². The molecule has 0 aromatic heterocycles. The minimum Gasteiger partial charge on any atom is -0.388 e. The summed E-state index contributed by atoms with van der Waals surface area (Å²) in [6, 6.07) is 0. The quantitative estimate of drug-likeness (QED) is 0.344. The molecule has 0 fully saturated rings. The number of nitrogens with two attached hydrogens (primary N) is 1. The molecule has 0 aliphatic heterocycles. The number of methoxy groups -OCH3 is 2. The van der Waals surface area contributed by atoms with E-state index in [1.807, 2.05) is 0 Å². The molecule has 0 heterocycles. The van der Waals surface area contributed by atoms with Gasteiger partial charge in [-0.1, -0.05) is 0 Å². The van der Waals surface area contributed by atoms with Crippen LogP contribution in [-0.2, 0) is 9.47 Å². The Morgan fingerprint density at radius 1 is 1.50 bits per heavy atom. The van der Waals surface area contributed by atoms with Crippen LogP contribution in [0.2, 0.25) is 0 Å². The Hall–Kier alpha value is -0.610. The molecule has 2 N–H and O–H groups in total. The summed E-state index contributed by atoms with van der Waals surface area (Å²) in [6.07, 6.45) is -0.279. The maximum atomic E-state index is 5.29. The Labute approximate surface area is 61.0 Å². The van der Waals surface area contributed by atoms with Gasteiger partial charge < -0.3 is 15.2 Å². The van der Waals surface area contributed by atoms with Gasteiger partial charge in [0.05, 0.1) is 12.4 Å². The zero-order valence-corrected chi connectivity index (χ0v) is 6.63. The van der Waals surface area contributed by atoms with Crippen molar-refractivity contribution < 1.29 is 9.47 Å². The molecule has 60 valence electrons. The second kappa shape index (κ2) is 5.20. The van der Waals surface area contributed by atoms with Gasteiger partial charge in [0.2, 0.25) is 0 Å². The number of rotatable bonds is 4. The fraction of sp³-hybridized carbons (Fsp3) is 0.833. The predicted molar refractivity (Wildman–Crippen MR) is 40.0 cm³/mol. The van der Waals surface area contributed by atoms with E-state index in [1.54, 1.807) is 21.1 Å². The van der Waals surface area contributed by atoms with Gasteiger partial charge in [0.25, 0.3) is 0 Å². The number of hydrogen-bond donors (Lipinski definition) is 1. The minimum absolute atomic E-state index is 0.279. The Morgan fingerprint density at radius 3 is 2.30 bits per heavy atom. The van der Waals surface area contributed by atoms with Crippen LogP contribution in [0.15, 0.2) is 4.99 Å². The second-order valence-electron chi connectivity index (χ2n) is 1.88. The van der Waals surface area contributed by atoms with E-state index in [0.29, 0.717) is 12.4 Å². The molecular weight excluding hydrogens is 132 g/mol. The first-order chi connectivity index (χ1) is 4.70. The van der Waals surface area contributed by atoms with E-state index in [0.717, 1.165) is 0 Å². The van der Waals surface area contributed by atoms with E-state index < -0.39 is 0 Å². The number of amidine groups is 1. The van der Waals surface area contributed by atoms with Gasteiger partial charge in [0.1, 0.15) is 0 Å². The molecule has 0 saturated carbocycles. The number of nitrogens with zero attached hydrogens (tertiary/aromatic N) is 1. The van der Waals surface area contributed by atoms with Crippen LogP contribution in [0.1, 0.15) is 6.92 Å². The third-order valence-electron chi connectivity index (χ3n) is 1.02. The zero-order valence-electron chi connectivity index (χ0n) is 6.63. The van der Waals surface area contributed by atoms with Gasteiger partial charge in [-0.05, 0) is 6.92 Å². The highest BCUT2D eigenvalue weighted by molar-refractivity contribution is 5.77. The average molecular weight is 146 g/mol. The van der Waals surface area contributed by atoms with E-state index in [-0.39, 0.29) is 6.29 Å². The molecule has 0 amide bonds. The molecule has 0 unspecified atom stereocenters.